The van der Waals surface area contributed by atoms with Crippen LogP contribution < -0.4 is 11.1 Å². The molecule has 1 saturated heterocycles. The average Bonchev–Trinajstić information content (AvgIpc) is 3.56. The van der Waals surface area contributed by atoms with E-state index < -0.39 is 40.5 Å². The molecule has 1 aromatic carbocycles. The summed E-state index contributed by atoms with van der Waals surface area (Å²) in [6.45, 7) is 2.45. The summed E-state index contributed by atoms with van der Waals surface area (Å²) in [5.74, 6) is -1.63. The first-order valence-electron chi connectivity index (χ1n) is 12.8. The molecule has 2 amide bonds. The maximum absolute atomic E-state index is 13.6. The van der Waals surface area contributed by atoms with Crippen molar-refractivity contribution >= 4 is 56.1 Å². The molecule has 0 bridgehead atoms. The predicted octanol–water partition coefficient (Wildman–Crippen LogP) is 1.12. The number of nitrogens with one attached hydrogen (secondary N) is 2. The van der Waals surface area contributed by atoms with Gasteiger partial charge in [0.05, 0.1) is 25.3 Å². The Hall–Kier alpha value is -3.86. The van der Waals surface area contributed by atoms with Crippen LogP contribution in [-0.2, 0) is 32.5 Å². The van der Waals surface area contributed by atoms with Crippen LogP contribution in [0.1, 0.15) is 39.3 Å². The first-order chi connectivity index (χ1) is 19.5. The molecular formula is C25H29N7O7S2. The molecule has 218 valence electrons. The number of carboxylic acid groups (broad SMARTS) is 1. The first kappa shape index (κ1) is 28.7. The monoisotopic (exact) mass is 603 g/mol. The molecule has 16 heteroatoms. The van der Waals surface area contributed by atoms with Crippen molar-refractivity contribution in [2.24, 2.45) is 10.7 Å². The summed E-state index contributed by atoms with van der Waals surface area (Å²) in [6, 6.07) is 5.56. The minimum Gasteiger partial charge on any atom is -0.481 e. The third-order valence-electron chi connectivity index (χ3n) is 7.08. The van der Waals surface area contributed by atoms with Crippen LogP contribution in [0.25, 0.3) is 10.9 Å². The van der Waals surface area contributed by atoms with Crippen LogP contribution in [0.3, 0.4) is 0 Å². The minimum absolute atomic E-state index is 0.0137. The normalized spacial score (nSPS) is 20.1. The number of sulfonamides is 1. The summed E-state index contributed by atoms with van der Waals surface area (Å²) in [5.41, 5.74) is 7.63. The highest BCUT2D eigenvalue weighted by molar-refractivity contribution is 7.89. The number of H-pyrrole nitrogens is 1. The Morgan fingerprint density at radius 1 is 1.27 bits per heavy atom. The number of rotatable bonds is 6. The number of piperazine rings is 1. The van der Waals surface area contributed by atoms with Crippen LogP contribution in [0.15, 0.2) is 34.3 Å². The first-order valence-corrected chi connectivity index (χ1v) is 15.0. The Morgan fingerprint density at radius 2 is 2.05 bits per heavy atom. The van der Waals surface area contributed by atoms with E-state index in [9.17, 15) is 27.9 Å². The molecule has 41 heavy (non-hydrogen) atoms. The van der Waals surface area contributed by atoms with Gasteiger partial charge in [-0.15, -0.1) is 11.3 Å². The number of aromatic nitrogens is 2. The van der Waals surface area contributed by atoms with Crippen LogP contribution in [-0.4, -0.2) is 95.3 Å². The number of aromatic amines is 1. The molecule has 1 fully saturated rings. The molecule has 5 rings (SSSR count). The fraction of sp³-hybridized carbons (Fsp3) is 0.400. The Kier molecular flexibility index (Phi) is 7.83. The van der Waals surface area contributed by atoms with Gasteiger partial charge in [-0.05, 0) is 31.2 Å². The molecule has 0 radical (unpaired) electrons. The maximum Gasteiger partial charge on any atom is 0.435 e. The number of thiazole rings is 1. The van der Waals surface area contributed by atoms with Gasteiger partial charge >= 0.3 is 12.1 Å². The van der Waals surface area contributed by atoms with Crippen molar-refractivity contribution in [1.82, 2.24) is 24.5 Å². The summed E-state index contributed by atoms with van der Waals surface area (Å²) in [6.07, 6.45) is -0.592. The van der Waals surface area contributed by atoms with Crippen molar-refractivity contribution < 1.29 is 32.6 Å². The quantitative estimate of drug-likeness (QED) is 0.234. The zero-order chi connectivity index (χ0) is 29.5. The molecule has 2 aliphatic heterocycles. The van der Waals surface area contributed by atoms with Gasteiger partial charge in [0.2, 0.25) is 0 Å². The van der Waals surface area contributed by atoms with Crippen LogP contribution >= 0.6 is 11.3 Å². The molecule has 2 unspecified atom stereocenters. The van der Waals surface area contributed by atoms with Gasteiger partial charge in [0, 0.05) is 60.0 Å². The van der Waals surface area contributed by atoms with Crippen LogP contribution in [0.2, 0.25) is 0 Å². The Bertz CT molecular complexity index is 1660. The molecule has 0 aliphatic carbocycles. The maximum atomic E-state index is 13.6. The molecule has 14 nitrogen and oxygen atoms in total. The van der Waals surface area contributed by atoms with Gasteiger partial charge in [0.15, 0.2) is 5.01 Å². The molecule has 0 saturated carbocycles. The van der Waals surface area contributed by atoms with Crippen molar-refractivity contribution in [3.63, 3.8) is 0 Å². The van der Waals surface area contributed by atoms with E-state index in [4.69, 9.17) is 5.73 Å². The summed E-state index contributed by atoms with van der Waals surface area (Å²) >= 11 is 1.28. The summed E-state index contributed by atoms with van der Waals surface area (Å²) in [5, 5.41) is 13.6. The topological polar surface area (TPSA) is 200 Å². The predicted molar refractivity (Wildman–Crippen MR) is 149 cm³/mol. The average molecular weight is 604 g/mol. The summed E-state index contributed by atoms with van der Waals surface area (Å²) in [4.78, 5) is 50.0. The summed E-state index contributed by atoms with van der Waals surface area (Å²) in [7, 11) is -2.91. The molecular weight excluding hydrogens is 574 g/mol. The van der Waals surface area contributed by atoms with E-state index in [-0.39, 0.29) is 41.5 Å². The SMILES string of the molecule is COC(=O)/N=C(/N)c1ccc2[nH]c(S(=O)(=O)N3CCN(C(=O)c4nc5c(s4)CNC(C)C5)C(CC(=O)O)C3)cc2c1. The lowest BCUT2D eigenvalue weighted by Gasteiger charge is -2.39. The molecule has 2 aromatic heterocycles. The molecule has 0 spiro atoms. The van der Waals surface area contributed by atoms with Crippen molar-refractivity contribution in [3.8, 4) is 0 Å². The number of amidine groups is 1. The molecule has 2 atom stereocenters. The van der Waals surface area contributed by atoms with Crippen LogP contribution in [0, 0.1) is 0 Å². The third kappa shape index (κ3) is 5.81. The van der Waals surface area contributed by atoms with Gasteiger partial charge < -0.3 is 30.8 Å². The number of ether oxygens (including phenoxy) is 1. The standard InChI is InChI=1S/C25H29N7O7S2/c1-13-7-18-19(11-27-13)40-23(29-18)24(35)32-6-5-31(12-16(32)10-21(33)34)41(37,38)20-9-15-8-14(3-4-17(15)28-20)22(26)30-25(36)39-2/h3-4,8-9,13,16,27-28H,5-7,10-12H2,1-2H3,(H,33,34)(H2,26,30,36). The number of carboxylic acids is 1. The van der Waals surface area contributed by atoms with E-state index in [1.807, 2.05) is 6.92 Å². The van der Waals surface area contributed by atoms with Gasteiger partial charge in [-0.2, -0.15) is 9.30 Å². The van der Waals surface area contributed by atoms with Crippen LogP contribution in [0.4, 0.5) is 4.79 Å². The Labute approximate surface area is 239 Å². The number of carbonyl (C=O) groups excluding carboxylic acids is 2. The highest BCUT2D eigenvalue weighted by atomic mass is 32.2. The lowest BCUT2D eigenvalue weighted by atomic mass is 10.1. The fourth-order valence-electron chi connectivity index (χ4n) is 4.97. The highest BCUT2D eigenvalue weighted by Crippen LogP contribution is 2.28. The zero-order valence-electron chi connectivity index (χ0n) is 22.3. The zero-order valence-corrected chi connectivity index (χ0v) is 23.9. The van der Waals surface area contributed by atoms with E-state index in [1.54, 1.807) is 18.2 Å². The van der Waals surface area contributed by atoms with E-state index in [0.29, 0.717) is 29.4 Å². The largest absolute Gasteiger partial charge is 0.481 e. The van der Waals surface area contributed by atoms with E-state index in [2.05, 4.69) is 25.0 Å². The second kappa shape index (κ2) is 11.2. The second-order valence-electron chi connectivity index (χ2n) is 9.89. The number of hydrogen-bond acceptors (Lipinski definition) is 9. The number of benzene rings is 1. The fourth-order valence-corrected chi connectivity index (χ4v) is 7.44. The second-order valence-corrected chi connectivity index (χ2v) is 12.9. The Balaban J connectivity index is 1.38. The van der Waals surface area contributed by atoms with Gasteiger partial charge in [-0.25, -0.2) is 18.2 Å². The molecule has 4 heterocycles. The number of nitrogens with two attached hydrogens (primary N) is 1. The molecule has 3 aromatic rings. The van der Waals surface area contributed by atoms with E-state index >= 15 is 0 Å². The number of fused-ring (bicyclic) bond motifs is 2. The lowest BCUT2D eigenvalue weighted by Crippen LogP contribution is -2.57. The van der Waals surface area contributed by atoms with E-state index in [0.717, 1.165) is 10.6 Å². The molecule has 5 N–H and O–H groups in total. The van der Waals surface area contributed by atoms with Crippen molar-refractivity contribution in [1.29, 1.82) is 0 Å². The third-order valence-corrected chi connectivity index (χ3v) is 9.96. The number of aliphatic carboxylic acids is 1. The smallest absolute Gasteiger partial charge is 0.435 e. The minimum atomic E-state index is -4.08. The Morgan fingerprint density at radius 3 is 2.78 bits per heavy atom. The molecule has 2 aliphatic rings. The lowest BCUT2D eigenvalue weighted by molar-refractivity contribution is -0.138. The van der Waals surface area contributed by atoms with Crippen molar-refractivity contribution in [3.05, 3.63) is 45.4 Å². The van der Waals surface area contributed by atoms with Gasteiger partial charge in [-0.1, -0.05) is 0 Å². The van der Waals surface area contributed by atoms with Crippen molar-refractivity contribution in [2.45, 2.75) is 43.4 Å². The number of hydrogen-bond donors (Lipinski definition) is 4. The van der Waals surface area contributed by atoms with Gasteiger partial charge in [0.25, 0.3) is 15.9 Å². The van der Waals surface area contributed by atoms with Gasteiger partial charge in [-0.3, -0.25) is 9.59 Å². The number of aliphatic imine (C=N–C) groups is 1. The van der Waals surface area contributed by atoms with Gasteiger partial charge in [0.1, 0.15) is 10.9 Å². The number of carbonyl (C=O) groups is 3. The number of nitrogens with zero attached hydrogens (tertiary/aromatic N) is 4. The highest BCUT2D eigenvalue weighted by Gasteiger charge is 2.39. The summed E-state index contributed by atoms with van der Waals surface area (Å²) < 4.78 is 32.9. The van der Waals surface area contributed by atoms with Crippen LogP contribution in [0.5, 0.6) is 0 Å². The van der Waals surface area contributed by atoms with Crippen molar-refractivity contribution in [2.75, 3.05) is 26.7 Å². The number of methoxy groups -OCH3 is 1. The number of amides is 2. The van der Waals surface area contributed by atoms with E-state index in [1.165, 1.54) is 33.7 Å².